The van der Waals surface area contributed by atoms with Crippen LogP contribution in [-0.2, 0) is 0 Å². The normalized spacial score (nSPS) is 16.5. The van der Waals surface area contributed by atoms with Gasteiger partial charge in [0.2, 0.25) is 0 Å². The lowest BCUT2D eigenvalue weighted by atomic mass is 9.98. The van der Waals surface area contributed by atoms with Crippen LogP contribution in [0.5, 0.6) is 0 Å². The quantitative estimate of drug-likeness (QED) is 0.595. The number of rotatable bonds is 6. The first-order chi connectivity index (χ1) is 5.57. The van der Waals surface area contributed by atoms with Crippen molar-refractivity contribution in [1.29, 1.82) is 0 Å². The molecular weight excluding hydrogens is 164 g/mol. The van der Waals surface area contributed by atoms with E-state index in [2.05, 4.69) is 40.3 Å². The predicted molar refractivity (Wildman–Crippen MR) is 60.9 cm³/mol. The summed E-state index contributed by atoms with van der Waals surface area (Å²) in [6, 6.07) is 0. The van der Waals surface area contributed by atoms with Crippen LogP contribution in [-0.4, -0.2) is 5.25 Å². The molecule has 0 fully saturated rings. The molecule has 0 aliphatic heterocycles. The molecule has 0 heterocycles. The van der Waals surface area contributed by atoms with E-state index in [-0.39, 0.29) is 0 Å². The molecular formula is C11H24S. The molecule has 0 bridgehead atoms. The first-order valence-corrected chi connectivity index (χ1v) is 5.77. The summed E-state index contributed by atoms with van der Waals surface area (Å²) in [4.78, 5) is 0. The van der Waals surface area contributed by atoms with E-state index in [9.17, 15) is 0 Å². The molecule has 12 heavy (non-hydrogen) atoms. The van der Waals surface area contributed by atoms with Crippen molar-refractivity contribution in [2.45, 2.75) is 58.6 Å². The minimum absolute atomic E-state index is 0.606. The van der Waals surface area contributed by atoms with Gasteiger partial charge in [0.05, 0.1) is 0 Å². The van der Waals surface area contributed by atoms with Gasteiger partial charge in [-0.3, -0.25) is 0 Å². The molecule has 1 heteroatoms. The van der Waals surface area contributed by atoms with Gasteiger partial charge < -0.3 is 0 Å². The van der Waals surface area contributed by atoms with Crippen molar-refractivity contribution >= 4 is 12.6 Å². The van der Waals surface area contributed by atoms with E-state index < -0.39 is 0 Å². The Morgan fingerprint density at radius 3 is 2.08 bits per heavy atom. The molecule has 0 aliphatic rings. The molecule has 0 rings (SSSR count). The Hall–Kier alpha value is 0.350. The molecule has 0 saturated carbocycles. The molecule has 0 aromatic carbocycles. The number of hydrogen-bond donors (Lipinski definition) is 1. The van der Waals surface area contributed by atoms with Crippen LogP contribution in [0.25, 0.3) is 0 Å². The zero-order valence-electron chi connectivity index (χ0n) is 9.01. The smallest absolute Gasteiger partial charge is 0.00398 e. The molecule has 2 atom stereocenters. The Morgan fingerprint density at radius 2 is 1.67 bits per heavy atom. The van der Waals surface area contributed by atoms with Crippen molar-refractivity contribution in [2.24, 2.45) is 11.8 Å². The molecule has 0 spiro atoms. The van der Waals surface area contributed by atoms with Gasteiger partial charge in [-0.15, -0.1) is 0 Å². The fourth-order valence-electron chi connectivity index (χ4n) is 1.21. The Balaban J connectivity index is 3.30. The van der Waals surface area contributed by atoms with E-state index >= 15 is 0 Å². The summed E-state index contributed by atoms with van der Waals surface area (Å²) in [6.07, 6.45) is 5.33. The van der Waals surface area contributed by atoms with E-state index in [0.717, 1.165) is 11.8 Å². The molecule has 0 nitrogen and oxygen atoms in total. The molecule has 0 aliphatic carbocycles. The van der Waals surface area contributed by atoms with Crippen molar-refractivity contribution < 1.29 is 0 Å². The van der Waals surface area contributed by atoms with E-state index in [0.29, 0.717) is 5.25 Å². The molecule has 0 aromatic rings. The highest BCUT2D eigenvalue weighted by Gasteiger charge is 2.08. The second-order valence-electron chi connectivity index (χ2n) is 4.26. The van der Waals surface area contributed by atoms with Crippen molar-refractivity contribution in [3.8, 4) is 0 Å². The van der Waals surface area contributed by atoms with Crippen molar-refractivity contribution in [3.05, 3.63) is 0 Å². The second kappa shape index (κ2) is 6.82. The van der Waals surface area contributed by atoms with Crippen molar-refractivity contribution in [3.63, 3.8) is 0 Å². The van der Waals surface area contributed by atoms with Gasteiger partial charge in [-0.25, -0.2) is 0 Å². The zero-order chi connectivity index (χ0) is 9.56. The van der Waals surface area contributed by atoms with Crippen LogP contribution < -0.4 is 0 Å². The third-order valence-electron chi connectivity index (χ3n) is 2.66. The summed E-state index contributed by atoms with van der Waals surface area (Å²) >= 11 is 4.56. The second-order valence-corrected chi connectivity index (χ2v) is 4.92. The lowest BCUT2D eigenvalue weighted by Gasteiger charge is -2.15. The standard InChI is InChI=1S/C11H24S/c1-5-10(4)7-6-8-11(12)9(2)3/h9-12H,5-8H2,1-4H3. The monoisotopic (exact) mass is 188 g/mol. The lowest BCUT2D eigenvalue weighted by molar-refractivity contribution is 0.461. The van der Waals surface area contributed by atoms with Gasteiger partial charge in [-0.2, -0.15) is 12.6 Å². The maximum absolute atomic E-state index is 4.56. The SMILES string of the molecule is CCC(C)CCCC(S)C(C)C. The zero-order valence-corrected chi connectivity index (χ0v) is 9.90. The maximum atomic E-state index is 4.56. The molecule has 74 valence electrons. The van der Waals surface area contributed by atoms with Gasteiger partial charge >= 0.3 is 0 Å². The lowest BCUT2D eigenvalue weighted by Crippen LogP contribution is -2.08. The highest BCUT2D eigenvalue weighted by molar-refractivity contribution is 7.81. The van der Waals surface area contributed by atoms with Gasteiger partial charge in [0.1, 0.15) is 0 Å². The number of thiol groups is 1. The van der Waals surface area contributed by atoms with Crippen LogP contribution in [0, 0.1) is 11.8 Å². The van der Waals surface area contributed by atoms with E-state index in [1.807, 2.05) is 0 Å². The summed E-state index contributed by atoms with van der Waals surface area (Å²) < 4.78 is 0. The molecule has 0 radical (unpaired) electrons. The fraction of sp³-hybridized carbons (Fsp3) is 1.00. The topological polar surface area (TPSA) is 0 Å². The van der Waals surface area contributed by atoms with Gasteiger partial charge in [0, 0.05) is 5.25 Å². The van der Waals surface area contributed by atoms with Crippen LogP contribution >= 0.6 is 12.6 Å². The first kappa shape index (κ1) is 12.3. The Bertz CT molecular complexity index is 99.2. The van der Waals surface area contributed by atoms with Gasteiger partial charge in [-0.05, 0) is 18.3 Å². The van der Waals surface area contributed by atoms with Gasteiger partial charge in [0.15, 0.2) is 0 Å². The van der Waals surface area contributed by atoms with Crippen LogP contribution in [0.4, 0.5) is 0 Å². The molecule has 2 unspecified atom stereocenters. The summed E-state index contributed by atoms with van der Waals surface area (Å²) in [7, 11) is 0. The molecule has 0 amide bonds. The average Bonchev–Trinajstić information content (AvgIpc) is 2.03. The minimum Gasteiger partial charge on any atom is -0.176 e. The Labute approximate surface area is 83.5 Å². The fourth-order valence-corrected chi connectivity index (χ4v) is 1.40. The molecule has 0 aromatic heterocycles. The van der Waals surface area contributed by atoms with E-state index in [1.54, 1.807) is 0 Å². The highest BCUT2D eigenvalue weighted by Crippen LogP contribution is 2.18. The van der Waals surface area contributed by atoms with E-state index in [4.69, 9.17) is 0 Å². The highest BCUT2D eigenvalue weighted by atomic mass is 32.1. The van der Waals surface area contributed by atoms with Crippen LogP contribution in [0.2, 0.25) is 0 Å². The average molecular weight is 188 g/mol. The molecule has 0 N–H and O–H groups in total. The first-order valence-electron chi connectivity index (χ1n) is 5.26. The van der Waals surface area contributed by atoms with Gasteiger partial charge in [0.25, 0.3) is 0 Å². The summed E-state index contributed by atoms with van der Waals surface area (Å²) in [5.74, 6) is 1.63. The molecule has 0 saturated heterocycles. The third-order valence-corrected chi connectivity index (χ3v) is 3.52. The third kappa shape index (κ3) is 5.93. The van der Waals surface area contributed by atoms with Crippen LogP contribution in [0.3, 0.4) is 0 Å². The van der Waals surface area contributed by atoms with Crippen LogP contribution in [0.15, 0.2) is 0 Å². The summed E-state index contributed by atoms with van der Waals surface area (Å²) in [6.45, 7) is 9.11. The van der Waals surface area contributed by atoms with Crippen molar-refractivity contribution in [2.75, 3.05) is 0 Å². The summed E-state index contributed by atoms with van der Waals surface area (Å²) in [5.41, 5.74) is 0. The number of hydrogen-bond acceptors (Lipinski definition) is 1. The summed E-state index contributed by atoms with van der Waals surface area (Å²) in [5, 5.41) is 0.606. The van der Waals surface area contributed by atoms with E-state index in [1.165, 1.54) is 25.7 Å². The minimum atomic E-state index is 0.606. The maximum Gasteiger partial charge on any atom is 0.00398 e. The largest absolute Gasteiger partial charge is 0.176 e. The predicted octanol–water partition coefficient (Wildman–Crippen LogP) is 4.16. The van der Waals surface area contributed by atoms with Crippen molar-refractivity contribution in [1.82, 2.24) is 0 Å². The van der Waals surface area contributed by atoms with Gasteiger partial charge in [-0.1, -0.05) is 47.0 Å². The Kier molecular flexibility index (Phi) is 7.02. The van der Waals surface area contributed by atoms with Crippen LogP contribution in [0.1, 0.15) is 53.4 Å². The Morgan fingerprint density at radius 1 is 1.08 bits per heavy atom.